The molecule has 205 valence electrons. The van der Waals surface area contributed by atoms with Gasteiger partial charge in [0.25, 0.3) is 0 Å². The Labute approximate surface area is 246 Å². The van der Waals surface area contributed by atoms with Crippen LogP contribution in [0.4, 0.5) is 0 Å². The highest BCUT2D eigenvalue weighted by atomic mass is 14.3. The molecule has 0 aliphatic heterocycles. The lowest BCUT2D eigenvalue weighted by molar-refractivity contribution is 0.583. The molecular weight excluding hydrogens is 492 g/mol. The Balaban J connectivity index is 1.82. The zero-order valence-electron chi connectivity index (χ0n) is 25.9. The molecule has 1 radical (unpaired) electrons. The molecule has 0 saturated heterocycles. The molecule has 6 rings (SSSR count). The van der Waals surface area contributed by atoms with Crippen LogP contribution in [-0.4, -0.2) is 0 Å². The van der Waals surface area contributed by atoms with Crippen LogP contribution in [0.25, 0.3) is 28.3 Å². The fourth-order valence-corrected chi connectivity index (χ4v) is 6.36. The van der Waals surface area contributed by atoms with Gasteiger partial charge in [-0.1, -0.05) is 132 Å². The molecule has 0 fully saturated rings. The van der Waals surface area contributed by atoms with Crippen molar-refractivity contribution >= 4 is 17.2 Å². The maximum absolute atomic E-state index is 3.93. The number of benzene rings is 4. The lowest BCUT2D eigenvalue weighted by Gasteiger charge is -2.27. The molecule has 0 aromatic heterocycles. The molecule has 2 aliphatic carbocycles. The van der Waals surface area contributed by atoms with Crippen LogP contribution in [0.15, 0.2) is 91.0 Å². The monoisotopic (exact) mass is 533 g/mol. The molecule has 2 aliphatic rings. The Morgan fingerprint density at radius 1 is 0.683 bits per heavy atom. The minimum atomic E-state index is -0.0865. The standard InChI is InChI=1S/C41H41/c1-26-13-17-29(18-14-26)37(30-19-15-27(2)16-20-30)36-25-34-33-22-21-32(40(3,4)5)23-31(33)24-35(34)38(28-11-9-10-12-28)39(36)41(6,7)8/h9-11,13-23,25H,12H2,1-8H3. The molecule has 0 bridgehead atoms. The van der Waals surface area contributed by atoms with Crippen LogP contribution in [0.2, 0.25) is 0 Å². The van der Waals surface area contributed by atoms with E-state index in [1.807, 2.05) is 0 Å². The van der Waals surface area contributed by atoms with Gasteiger partial charge in [0.05, 0.1) is 0 Å². The summed E-state index contributed by atoms with van der Waals surface area (Å²) >= 11 is 0. The summed E-state index contributed by atoms with van der Waals surface area (Å²) in [5.41, 5.74) is 15.6. The van der Waals surface area contributed by atoms with E-state index in [2.05, 4.69) is 152 Å². The maximum atomic E-state index is 3.93. The normalized spacial score (nSPS) is 14.0. The SMILES string of the molecule is Cc1ccc(C(c2ccc(C)cc2)=c2cc3c(c(C4=CC=CC4)c2C(C)(C)C)=[C]c2cc(C(C)(C)C)ccc2-3)cc1. The molecule has 0 saturated carbocycles. The van der Waals surface area contributed by atoms with Gasteiger partial charge in [-0.15, -0.1) is 0 Å². The predicted octanol–water partition coefficient (Wildman–Crippen LogP) is 9.18. The third kappa shape index (κ3) is 4.95. The van der Waals surface area contributed by atoms with Gasteiger partial charge in [0.15, 0.2) is 0 Å². The summed E-state index contributed by atoms with van der Waals surface area (Å²) in [7, 11) is 0. The summed E-state index contributed by atoms with van der Waals surface area (Å²) in [4.78, 5) is 0. The summed E-state index contributed by atoms with van der Waals surface area (Å²) in [6, 6.07) is 27.6. The molecule has 0 heterocycles. The second-order valence-electron chi connectivity index (χ2n) is 13.9. The van der Waals surface area contributed by atoms with Gasteiger partial charge in [-0.05, 0) is 115 Å². The Kier molecular flexibility index (Phi) is 6.57. The van der Waals surface area contributed by atoms with Crippen LogP contribution in [0.1, 0.15) is 92.5 Å². The lowest BCUT2D eigenvalue weighted by atomic mass is 9.76. The molecule has 41 heavy (non-hydrogen) atoms. The summed E-state index contributed by atoms with van der Waals surface area (Å²) in [5.74, 6) is 0. The fraction of sp³-hybridized carbons (Fsp3) is 0.268. The van der Waals surface area contributed by atoms with Crippen molar-refractivity contribution in [2.45, 2.75) is 72.6 Å². The van der Waals surface area contributed by atoms with Crippen molar-refractivity contribution in [3.05, 3.63) is 146 Å². The lowest BCUT2D eigenvalue weighted by Crippen LogP contribution is -2.32. The number of hydrogen-bond acceptors (Lipinski definition) is 0. The average Bonchev–Trinajstić information content (AvgIpc) is 3.57. The first-order chi connectivity index (χ1) is 19.4. The molecule has 0 nitrogen and oxygen atoms in total. The summed E-state index contributed by atoms with van der Waals surface area (Å²) < 4.78 is 0. The van der Waals surface area contributed by atoms with Crippen molar-refractivity contribution in [2.75, 3.05) is 0 Å². The molecule has 0 spiro atoms. The molecule has 0 atom stereocenters. The average molecular weight is 534 g/mol. The Bertz CT molecular complexity index is 1790. The van der Waals surface area contributed by atoms with Gasteiger partial charge in [-0.3, -0.25) is 0 Å². The number of hydrogen-bond donors (Lipinski definition) is 0. The van der Waals surface area contributed by atoms with Gasteiger partial charge < -0.3 is 0 Å². The third-order valence-electron chi connectivity index (χ3n) is 8.55. The predicted molar refractivity (Wildman–Crippen MR) is 177 cm³/mol. The first-order valence-electron chi connectivity index (χ1n) is 14.9. The van der Waals surface area contributed by atoms with Crippen LogP contribution < -0.4 is 10.4 Å². The van der Waals surface area contributed by atoms with Crippen molar-refractivity contribution in [1.29, 1.82) is 0 Å². The highest BCUT2D eigenvalue weighted by Gasteiger charge is 2.29. The highest BCUT2D eigenvalue weighted by Crippen LogP contribution is 2.37. The van der Waals surface area contributed by atoms with Gasteiger partial charge in [0.1, 0.15) is 0 Å². The molecule has 4 aromatic carbocycles. The van der Waals surface area contributed by atoms with Gasteiger partial charge in [-0.25, -0.2) is 0 Å². The smallest absolute Gasteiger partial charge is 0.000731 e. The number of allylic oxidation sites excluding steroid dienone is 4. The highest BCUT2D eigenvalue weighted by molar-refractivity contribution is 5.91. The van der Waals surface area contributed by atoms with E-state index < -0.39 is 0 Å². The Morgan fingerprint density at radius 2 is 1.29 bits per heavy atom. The van der Waals surface area contributed by atoms with Gasteiger partial charge in [0.2, 0.25) is 0 Å². The van der Waals surface area contributed by atoms with Crippen LogP contribution in [0.3, 0.4) is 0 Å². The molecule has 0 amide bonds. The quantitative estimate of drug-likeness (QED) is 0.217. The fourth-order valence-electron chi connectivity index (χ4n) is 6.36. The topological polar surface area (TPSA) is 0 Å². The van der Waals surface area contributed by atoms with Crippen molar-refractivity contribution in [1.82, 2.24) is 0 Å². The van der Waals surface area contributed by atoms with E-state index >= 15 is 0 Å². The van der Waals surface area contributed by atoms with E-state index in [0.29, 0.717) is 0 Å². The molecule has 0 N–H and O–H groups in total. The summed E-state index contributed by atoms with van der Waals surface area (Å²) in [6.45, 7) is 18.3. The Morgan fingerprint density at radius 3 is 1.80 bits per heavy atom. The maximum Gasteiger partial charge on any atom is -0.000731 e. The van der Waals surface area contributed by atoms with Gasteiger partial charge >= 0.3 is 0 Å². The van der Waals surface area contributed by atoms with E-state index in [4.69, 9.17) is 0 Å². The minimum absolute atomic E-state index is 0.0865. The first kappa shape index (κ1) is 27.3. The zero-order chi connectivity index (χ0) is 29.1. The van der Waals surface area contributed by atoms with Crippen molar-refractivity contribution in [3.8, 4) is 11.1 Å². The zero-order valence-corrected chi connectivity index (χ0v) is 25.9. The van der Waals surface area contributed by atoms with Gasteiger partial charge in [0, 0.05) is 0 Å². The number of rotatable bonds is 3. The summed E-state index contributed by atoms with van der Waals surface area (Å²) in [5, 5.41) is 2.57. The number of aryl methyl sites for hydroxylation is 2. The van der Waals surface area contributed by atoms with E-state index in [-0.39, 0.29) is 10.8 Å². The van der Waals surface area contributed by atoms with E-state index in [0.717, 1.165) is 6.42 Å². The molecule has 0 heteroatoms. The van der Waals surface area contributed by atoms with Crippen LogP contribution >= 0.6 is 0 Å². The minimum Gasteiger partial charge on any atom is -0.0801 e. The molecule has 0 unspecified atom stereocenters. The van der Waals surface area contributed by atoms with Crippen LogP contribution in [-0.2, 0) is 10.8 Å². The van der Waals surface area contributed by atoms with E-state index in [1.165, 1.54) is 77.2 Å². The van der Waals surface area contributed by atoms with Crippen LogP contribution in [0.5, 0.6) is 0 Å². The van der Waals surface area contributed by atoms with E-state index in [9.17, 15) is 0 Å². The third-order valence-corrected chi connectivity index (χ3v) is 8.55. The second-order valence-corrected chi connectivity index (χ2v) is 13.9. The first-order valence-corrected chi connectivity index (χ1v) is 14.9. The summed E-state index contributed by atoms with van der Waals surface area (Å²) in [6.07, 6.45) is 11.7. The largest absolute Gasteiger partial charge is 0.0801 e. The Hall–Kier alpha value is -3.90. The molecule has 4 aromatic rings. The van der Waals surface area contributed by atoms with Crippen molar-refractivity contribution in [3.63, 3.8) is 0 Å². The molecular formula is C41H41. The van der Waals surface area contributed by atoms with Gasteiger partial charge in [-0.2, -0.15) is 0 Å². The van der Waals surface area contributed by atoms with Crippen molar-refractivity contribution < 1.29 is 0 Å². The second kappa shape index (κ2) is 9.88. The number of fused-ring (bicyclic) bond motifs is 3. The van der Waals surface area contributed by atoms with Crippen molar-refractivity contribution in [2.24, 2.45) is 0 Å². The van der Waals surface area contributed by atoms with E-state index in [1.54, 1.807) is 0 Å². The van der Waals surface area contributed by atoms with Crippen LogP contribution in [0, 0.1) is 13.8 Å².